The Bertz CT molecular complexity index is 613. The first-order valence-corrected chi connectivity index (χ1v) is 4.81. The Morgan fingerprint density at radius 3 is 3.06 bits per heavy atom. The Kier molecular flexibility index (Phi) is 1.86. The van der Waals surface area contributed by atoms with Crippen LogP contribution in [0, 0.1) is 0 Å². The van der Waals surface area contributed by atoms with E-state index in [9.17, 15) is 0 Å². The van der Waals surface area contributed by atoms with Crippen molar-refractivity contribution in [3.63, 3.8) is 0 Å². The van der Waals surface area contributed by atoms with Crippen molar-refractivity contribution in [1.29, 1.82) is 0 Å². The summed E-state index contributed by atoms with van der Waals surface area (Å²) in [6, 6.07) is 3.68. The molecule has 3 aromatic rings. The first-order valence-electron chi connectivity index (χ1n) is 4.81. The van der Waals surface area contributed by atoms with E-state index < -0.39 is 0 Å². The molecule has 0 aromatic carbocycles. The normalized spacial score (nSPS) is 10.8. The number of rotatable bonds is 2. The van der Waals surface area contributed by atoms with Crippen molar-refractivity contribution in [2.75, 3.05) is 12.4 Å². The molecule has 2 N–H and O–H groups in total. The highest BCUT2D eigenvalue weighted by molar-refractivity contribution is 5.89. The van der Waals surface area contributed by atoms with Crippen molar-refractivity contribution >= 4 is 17.0 Å². The van der Waals surface area contributed by atoms with Gasteiger partial charge in [0.1, 0.15) is 5.69 Å². The van der Waals surface area contributed by atoms with E-state index in [1.54, 1.807) is 19.5 Å². The Hall–Kier alpha value is -2.37. The van der Waals surface area contributed by atoms with E-state index >= 15 is 0 Å². The third-order valence-electron chi connectivity index (χ3n) is 2.29. The molecule has 3 aromatic heterocycles. The first-order chi connectivity index (χ1) is 7.88. The van der Waals surface area contributed by atoms with Crippen LogP contribution in [0.25, 0.3) is 22.5 Å². The lowest BCUT2D eigenvalue weighted by Gasteiger charge is -2.02. The van der Waals surface area contributed by atoms with E-state index in [1.807, 2.05) is 12.1 Å². The van der Waals surface area contributed by atoms with Gasteiger partial charge in [-0.3, -0.25) is 5.10 Å². The lowest BCUT2D eigenvalue weighted by Crippen LogP contribution is -1.98. The van der Waals surface area contributed by atoms with Crippen LogP contribution in [0.3, 0.4) is 0 Å². The van der Waals surface area contributed by atoms with Gasteiger partial charge in [0.25, 0.3) is 0 Å². The molecule has 3 rings (SSSR count). The summed E-state index contributed by atoms with van der Waals surface area (Å²) in [5.41, 5.74) is 1.42. The molecule has 0 spiro atoms. The summed E-state index contributed by atoms with van der Waals surface area (Å²) in [7, 11) is 1.77. The molecule has 0 aliphatic heterocycles. The van der Waals surface area contributed by atoms with Crippen LogP contribution in [-0.4, -0.2) is 27.2 Å². The highest BCUT2D eigenvalue weighted by Gasteiger charge is 2.12. The molecule has 0 fully saturated rings. The third kappa shape index (κ3) is 1.23. The molecular formula is C10H9N5O. The van der Waals surface area contributed by atoms with Crippen molar-refractivity contribution in [2.24, 2.45) is 0 Å². The van der Waals surface area contributed by atoms with E-state index in [-0.39, 0.29) is 0 Å². The maximum Gasteiger partial charge on any atom is 0.225 e. The zero-order chi connectivity index (χ0) is 11.0. The highest BCUT2D eigenvalue weighted by atomic mass is 16.3. The molecule has 16 heavy (non-hydrogen) atoms. The maximum atomic E-state index is 5.34. The molecule has 0 bridgehead atoms. The van der Waals surface area contributed by atoms with Gasteiger partial charge < -0.3 is 9.73 Å². The summed E-state index contributed by atoms with van der Waals surface area (Å²) in [5.74, 6) is 1.23. The van der Waals surface area contributed by atoms with Crippen LogP contribution in [0.1, 0.15) is 0 Å². The summed E-state index contributed by atoms with van der Waals surface area (Å²) in [6.07, 6.45) is 3.30. The van der Waals surface area contributed by atoms with E-state index in [1.165, 1.54) is 0 Å². The fourth-order valence-electron chi connectivity index (χ4n) is 1.55. The Morgan fingerprint density at radius 2 is 2.31 bits per heavy atom. The molecule has 0 saturated carbocycles. The summed E-state index contributed by atoms with van der Waals surface area (Å²) >= 11 is 0. The first kappa shape index (κ1) is 8.90. The van der Waals surface area contributed by atoms with Gasteiger partial charge in [-0.2, -0.15) is 10.1 Å². The van der Waals surface area contributed by atoms with Crippen LogP contribution in [0.4, 0.5) is 5.95 Å². The van der Waals surface area contributed by atoms with Crippen molar-refractivity contribution < 1.29 is 4.42 Å². The second-order valence-electron chi connectivity index (χ2n) is 3.26. The van der Waals surface area contributed by atoms with Gasteiger partial charge in [-0.1, -0.05) is 0 Å². The van der Waals surface area contributed by atoms with Crippen LogP contribution >= 0.6 is 0 Å². The lowest BCUT2D eigenvalue weighted by atomic mass is 10.2. The number of anilines is 1. The predicted octanol–water partition coefficient (Wildman–Crippen LogP) is 1.65. The molecule has 6 heteroatoms. The standard InChI is InChI=1S/C10H9N5O/c1-11-10-13-8(7-3-2-4-16-7)6-5-12-15-9(6)14-10/h2-5H,1H3,(H2,11,12,13,14,15). The van der Waals surface area contributed by atoms with Crippen LogP contribution in [-0.2, 0) is 0 Å². The van der Waals surface area contributed by atoms with Crippen LogP contribution in [0.5, 0.6) is 0 Å². The minimum Gasteiger partial charge on any atom is -0.463 e. The van der Waals surface area contributed by atoms with Gasteiger partial charge in [0, 0.05) is 7.05 Å². The number of hydrogen-bond donors (Lipinski definition) is 2. The maximum absolute atomic E-state index is 5.34. The highest BCUT2D eigenvalue weighted by Crippen LogP contribution is 2.25. The van der Waals surface area contributed by atoms with E-state index in [0.717, 1.165) is 11.1 Å². The topological polar surface area (TPSA) is 79.6 Å². The van der Waals surface area contributed by atoms with Crippen LogP contribution in [0.15, 0.2) is 29.0 Å². The number of aromatic amines is 1. The Labute approximate surface area is 90.7 Å². The van der Waals surface area contributed by atoms with Crippen LogP contribution < -0.4 is 5.32 Å². The molecular weight excluding hydrogens is 206 g/mol. The molecule has 0 amide bonds. The average Bonchev–Trinajstić information content (AvgIpc) is 2.98. The quantitative estimate of drug-likeness (QED) is 0.679. The van der Waals surface area contributed by atoms with Gasteiger partial charge in [-0.15, -0.1) is 0 Å². The van der Waals surface area contributed by atoms with Gasteiger partial charge >= 0.3 is 0 Å². The number of nitrogens with one attached hydrogen (secondary N) is 2. The molecule has 0 aliphatic carbocycles. The van der Waals surface area contributed by atoms with Crippen molar-refractivity contribution in [1.82, 2.24) is 20.2 Å². The fourth-order valence-corrected chi connectivity index (χ4v) is 1.55. The van der Waals surface area contributed by atoms with E-state index in [4.69, 9.17) is 4.42 Å². The molecule has 0 atom stereocenters. The predicted molar refractivity (Wildman–Crippen MR) is 58.9 cm³/mol. The lowest BCUT2D eigenvalue weighted by molar-refractivity contribution is 0.580. The molecule has 80 valence electrons. The summed E-state index contributed by atoms with van der Waals surface area (Å²) in [5, 5.41) is 10.5. The number of H-pyrrole nitrogens is 1. The van der Waals surface area contributed by atoms with Crippen molar-refractivity contribution in [3.05, 3.63) is 24.6 Å². The average molecular weight is 215 g/mol. The fraction of sp³-hybridized carbons (Fsp3) is 0.100. The number of nitrogens with zero attached hydrogens (tertiary/aromatic N) is 3. The van der Waals surface area contributed by atoms with Gasteiger partial charge in [-0.25, -0.2) is 4.98 Å². The summed E-state index contributed by atoms with van der Waals surface area (Å²) in [4.78, 5) is 8.60. The van der Waals surface area contributed by atoms with E-state index in [2.05, 4.69) is 25.5 Å². The van der Waals surface area contributed by atoms with Gasteiger partial charge in [-0.05, 0) is 12.1 Å². The third-order valence-corrected chi connectivity index (χ3v) is 2.29. The molecule has 6 nitrogen and oxygen atoms in total. The second-order valence-corrected chi connectivity index (χ2v) is 3.26. The van der Waals surface area contributed by atoms with E-state index in [0.29, 0.717) is 17.4 Å². The molecule has 0 aliphatic rings. The van der Waals surface area contributed by atoms with Crippen molar-refractivity contribution in [3.8, 4) is 11.5 Å². The molecule has 0 saturated heterocycles. The van der Waals surface area contributed by atoms with Gasteiger partial charge in [0.2, 0.25) is 5.95 Å². The summed E-state index contributed by atoms with van der Waals surface area (Å²) < 4.78 is 5.34. The second kappa shape index (κ2) is 3.34. The van der Waals surface area contributed by atoms with Crippen molar-refractivity contribution in [2.45, 2.75) is 0 Å². The SMILES string of the molecule is CNc1nc(-c2ccco2)c2cn[nH]c2n1. The Morgan fingerprint density at radius 1 is 1.38 bits per heavy atom. The zero-order valence-electron chi connectivity index (χ0n) is 8.56. The molecule has 0 radical (unpaired) electrons. The van der Waals surface area contributed by atoms with Gasteiger partial charge in [0.05, 0.1) is 17.8 Å². The molecule has 3 heterocycles. The smallest absolute Gasteiger partial charge is 0.225 e. The monoisotopic (exact) mass is 215 g/mol. The minimum absolute atomic E-state index is 0.531. The minimum atomic E-state index is 0.531. The van der Waals surface area contributed by atoms with Gasteiger partial charge in [0.15, 0.2) is 11.4 Å². The summed E-state index contributed by atoms with van der Waals surface area (Å²) in [6.45, 7) is 0. The number of furan rings is 1. The molecule has 0 unspecified atom stereocenters. The number of hydrogen-bond acceptors (Lipinski definition) is 5. The number of aromatic nitrogens is 4. The van der Waals surface area contributed by atoms with Crippen LogP contribution in [0.2, 0.25) is 0 Å². The zero-order valence-corrected chi connectivity index (χ0v) is 8.56. The largest absolute Gasteiger partial charge is 0.463 e. The Balaban J connectivity index is 2.33. The number of fused-ring (bicyclic) bond motifs is 1.